The molecule has 3 nitrogen and oxygen atoms in total. The zero-order valence-electron chi connectivity index (χ0n) is 29.1. The minimum atomic E-state index is -0.920. The summed E-state index contributed by atoms with van der Waals surface area (Å²) in [4.78, 5) is 2.78. The second-order valence-corrected chi connectivity index (χ2v) is 24.4. The number of hydrogen-bond acceptors (Lipinski definition) is 4. The summed E-state index contributed by atoms with van der Waals surface area (Å²) >= 11 is 1.27. The Morgan fingerprint density at radius 3 is 1.38 bits per heavy atom. The van der Waals surface area contributed by atoms with Crippen molar-refractivity contribution in [1.29, 1.82) is 5.26 Å². The number of aromatic nitrogens is 2. The molecule has 48 heavy (non-hydrogen) atoms. The molecule has 5 aromatic carbocycles. The van der Waals surface area contributed by atoms with E-state index in [1.807, 2.05) is 0 Å². The third kappa shape index (κ3) is 4.47. The van der Waals surface area contributed by atoms with Crippen molar-refractivity contribution in [1.82, 2.24) is 8.75 Å². The average molecular weight is 684 g/mol. The molecule has 242 valence electrons. The molecule has 8 rings (SSSR count). The molecular formula is C42H41N3S3. The Kier molecular flexibility index (Phi) is 6.74. The molecule has 6 aromatic rings. The molecule has 0 saturated carbocycles. The van der Waals surface area contributed by atoms with E-state index in [0.717, 1.165) is 44.4 Å². The minimum Gasteiger partial charge on any atom is -0.223 e. The Bertz CT molecular complexity index is 2380. The van der Waals surface area contributed by atoms with Crippen molar-refractivity contribution in [2.45, 2.75) is 41.4 Å². The molecule has 2 aliphatic carbocycles. The maximum absolute atomic E-state index is 10.6. The van der Waals surface area contributed by atoms with Crippen LogP contribution in [0.4, 0.5) is 0 Å². The smallest absolute Gasteiger partial charge is 0.113 e. The van der Waals surface area contributed by atoms with Crippen LogP contribution in [0.15, 0.2) is 94.7 Å². The summed E-state index contributed by atoms with van der Waals surface area (Å²) in [6.07, 6.45) is 14.0. The van der Waals surface area contributed by atoms with Crippen LogP contribution >= 0.6 is 31.8 Å². The molecule has 2 aliphatic rings. The third-order valence-electron chi connectivity index (χ3n) is 10.7. The fourth-order valence-corrected chi connectivity index (χ4v) is 10.2. The van der Waals surface area contributed by atoms with Gasteiger partial charge in [0.1, 0.15) is 16.4 Å². The van der Waals surface area contributed by atoms with Gasteiger partial charge in [-0.05, 0) is 146 Å². The zero-order valence-corrected chi connectivity index (χ0v) is 31.6. The molecule has 0 saturated heterocycles. The molecule has 1 unspecified atom stereocenters. The second kappa shape index (κ2) is 10.3. The second-order valence-electron chi connectivity index (χ2n) is 15.6. The fraction of sp³-hybridized carbons (Fsp3) is 0.262. The monoisotopic (exact) mass is 683 g/mol. The van der Waals surface area contributed by atoms with E-state index in [9.17, 15) is 5.26 Å². The van der Waals surface area contributed by atoms with E-state index in [1.54, 1.807) is 0 Å². The maximum atomic E-state index is 10.6. The largest absolute Gasteiger partial charge is 0.223 e. The molecular weight excluding hydrogens is 643 g/mol. The van der Waals surface area contributed by atoms with Gasteiger partial charge < -0.3 is 0 Å². The molecule has 0 N–H and O–H groups in total. The van der Waals surface area contributed by atoms with Crippen LogP contribution in [-0.2, 0) is 10.8 Å². The normalized spacial score (nSPS) is 18.2. The quantitative estimate of drug-likeness (QED) is 0.186. The van der Waals surface area contributed by atoms with E-state index in [-0.39, 0.29) is 5.41 Å². The van der Waals surface area contributed by atoms with Gasteiger partial charge in [-0.3, -0.25) is 0 Å². The molecule has 1 atom stereocenters. The fourth-order valence-electron chi connectivity index (χ4n) is 7.78. The van der Waals surface area contributed by atoms with Gasteiger partial charge in [0.25, 0.3) is 0 Å². The molecule has 0 radical (unpaired) electrons. The van der Waals surface area contributed by atoms with E-state index in [4.69, 9.17) is 8.75 Å². The molecule has 0 fully saturated rings. The summed E-state index contributed by atoms with van der Waals surface area (Å²) in [5, 5.41) is 10.6. The predicted octanol–water partition coefficient (Wildman–Crippen LogP) is 11.2. The molecule has 0 amide bonds. The number of nitriles is 1. The lowest BCUT2D eigenvalue weighted by atomic mass is 9.80. The Hall–Kier alpha value is -3.89. The van der Waals surface area contributed by atoms with Gasteiger partial charge in [-0.25, -0.2) is 20.1 Å². The van der Waals surface area contributed by atoms with Gasteiger partial charge in [0, 0.05) is 16.5 Å². The lowest BCUT2D eigenvalue weighted by Gasteiger charge is -2.29. The zero-order chi connectivity index (χ0) is 34.0. The Morgan fingerprint density at radius 1 is 0.521 bits per heavy atom. The summed E-state index contributed by atoms with van der Waals surface area (Å²) in [6, 6.07) is 34.5. The van der Waals surface area contributed by atoms with E-state index < -0.39 is 25.5 Å². The summed E-state index contributed by atoms with van der Waals surface area (Å²) in [6.45, 7) is 6.79. The number of rotatable bonds is 4. The van der Waals surface area contributed by atoms with Crippen LogP contribution in [0.2, 0.25) is 0 Å². The van der Waals surface area contributed by atoms with Gasteiger partial charge in [0.15, 0.2) is 0 Å². The standard InChI is InChI=1S/C42H41N3S3/c1-41(2)35-20-25(10-14-31(35)32-16-12-27(22-36(32)41)47(4,5)6)29-18-19-30(40-39(29)44-46-45-40)26-11-15-33-34-17-13-28(48(7,8)9)23-38(34)42(3,24-43)37(33)21-26/h10-23H,1-9H3. The van der Waals surface area contributed by atoms with Gasteiger partial charge in [-0.1, -0.05) is 62.4 Å². The van der Waals surface area contributed by atoms with Gasteiger partial charge in [-0.2, -0.15) is 14.0 Å². The topological polar surface area (TPSA) is 49.6 Å². The van der Waals surface area contributed by atoms with Crippen molar-refractivity contribution in [3.63, 3.8) is 0 Å². The van der Waals surface area contributed by atoms with Crippen molar-refractivity contribution in [3.8, 4) is 50.6 Å². The maximum Gasteiger partial charge on any atom is 0.113 e. The summed E-state index contributed by atoms with van der Waals surface area (Å²) in [5.41, 5.74) is 15.4. The molecule has 0 spiro atoms. The molecule has 1 aromatic heterocycles. The summed E-state index contributed by atoms with van der Waals surface area (Å²) in [7, 11) is -1.74. The molecule has 6 heteroatoms. The summed E-state index contributed by atoms with van der Waals surface area (Å²) < 4.78 is 9.70. The first-order chi connectivity index (χ1) is 22.6. The van der Waals surface area contributed by atoms with E-state index in [2.05, 4.69) is 149 Å². The van der Waals surface area contributed by atoms with Crippen molar-refractivity contribution < 1.29 is 0 Å². The van der Waals surface area contributed by atoms with Gasteiger partial charge in [-0.15, -0.1) is 0 Å². The van der Waals surface area contributed by atoms with Crippen molar-refractivity contribution in [2.24, 2.45) is 0 Å². The molecule has 0 bridgehead atoms. The number of nitrogens with zero attached hydrogens (tertiary/aromatic N) is 3. The van der Waals surface area contributed by atoms with Crippen LogP contribution in [0.3, 0.4) is 0 Å². The Balaban J connectivity index is 1.21. The van der Waals surface area contributed by atoms with E-state index >= 15 is 0 Å². The summed E-state index contributed by atoms with van der Waals surface area (Å²) in [5.74, 6) is 0. The highest BCUT2D eigenvalue weighted by molar-refractivity contribution is 8.32. The van der Waals surface area contributed by atoms with E-state index in [1.165, 1.54) is 54.9 Å². The Morgan fingerprint density at radius 2 is 0.896 bits per heavy atom. The number of benzene rings is 5. The van der Waals surface area contributed by atoms with Gasteiger partial charge in [0.2, 0.25) is 0 Å². The van der Waals surface area contributed by atoms with E-state index in [0.29, 0.717) is 0 Å². The average Bonchev–Trinajstić information content (AvgIpc) is 3.70. The lowest BCUT2D eigenvalue weighted by Crippen LogP contribution is -2.18. The van der Waals surface area contributed by atoms with Crippen LogP contribution in [0, 0.1) is 11.3 Å². The van der Waals surface area contributed by atoms with Crippen LogP contribution in [0.25, 0.3) is 55.5 Å². The lowest BCUT2D eigenvalue weighted by molar-refractivity contribution is 0.659. The van der Waals surface area contributed by atoms with Crippen molar-refractivity contribution in [2.75, 3.05) is 37.5 Å². The molecule has 1 heterocycles. The number of hydrogen-bond donors (Lipinski definition) is 0. The van der Waals surface area contributed by atoms with Crippen molar-refractivity contribution >= 4 is 42.8 Å². The molecule has 0 aliphatic heterocycles. The highest BCUT2D eigenvalue weighted by atomic mass is 32.3. The first kappa shape index (κ1) is 31.4. The Labute approximate surface area is 292 Å². The van der Waals surface area contributed by atoms with Gasteiger partial charge >= 0.3 is 0 Å². The van der Waals surface area contributed by atoms with Crippen LogP contribution in [0.1, 0.15) is 43.0 Å². The SMILES string of the molecule is CC1(C)c2cc(-c3ccc(-c4ccc5c(c4)C(C)(C#N)c4cc(S(C)(C)C)ccc4-5)c4nsnc34)ccc2-c2ccc(S(C)(C)C)cc21. The highest BCUT2D eigenvalue weighted by Gasteiger charge is 2.41. The highest BCUT2D eigenvalue weighted by Crippen LogP contribution is 2.56. The number of fused-ring (bicyclic) bond motifs is 7. The minimum absolute atomic E-state index is 0.0922. The van der Waals surface area contributed by atoms with Crippen LogP contribution in [-0.4, -0.2) is 46.3 Å². The van der Waals surface area contributed by atoms with Crippen molar-refractivity contribution in [3.05, 3.63) is 107 Å². The first-order valence-corrected chi connectivity index (χ1v) is 22.7. The van der Waals surface area contributed by atoms with Crippen LogP contribution < -0.4 is 0 Å². The third-order valence-corrected chi connectivity index (χ3v) is 14.6. The predicted molar refractivity (Wildman–Crippen MR) is 211 cm³/mol. The first-order valence-electron chi connectivity index (χ1n) is 16.3. The van der Waals surface area contributed by atoms with Crippen LogP contribution in [0.5, 0.6) is 0 Å². The van der Waals surface area contributed by atoms with Gasteiger partial charge in [0.05, 0.1) is 17.8 Å².